The Morgan fingerprint density at radius 3 is 2.36 bits per heavy atom. The third kappa shape index (κ3) is 4.18. The van der Waals surface area contributed by atoms with Crippen molar-refractivity contribution < 1.29 is 13.9 Å². The SMILES string of the molecule is O=C(COc1ccccc1-c1ccccc1)Nc1ccccc1-c1nc2c(ccc3ccccc32)o1. The van der Waals surface area contributed by atoms with Crippen LogP contribution in [0.15, 0.2) is 120 Å². The van der Waals surface area contributed by atoms with Gasteiger partial charge in [0, 0.05) is 10.9 Å². The lowest BCUT2D eigenvalue weighted by atomic mass is 10.1. The van der Waals surface area contributed by atoms with Crippen molar-refractivity contribution in [3.8, 4) is 28.3 Å². The lowest BCUT2D eigenvalue weighted by molar-refractivity contribution is -0.118. The quantitative estimate of drug-likeness (QED) is 0.277. The molecule has 6 rings (SSSR count). The van der Waals surface area contributed by atoms with E-state index in [0.29, 0.717) is 28.5 Å². The largest absolute Gasteiger partial charge is 0.483 e. The maximum absolute atomic E-state index is 12.9. The Morgan fingerprint density at radius 1 is 0.750 bits per heavy atom. The van der Waals surface area contributed by atoms with Crippen LogP contribution in [0, 0.1) is 0 Å². The molecule has 0 aliphatic heterocycles. The van der Waals surface area contributed by atoms with Gasteiger partial charge in [0.25, 0.3) is 5.91 Å². The van der Waals surface area contributed by atoms with Crippen LogP contribution in [0.2, 0.25) is 0 Å². The number of para-hydroxylation sites is 2. The van der Waals surface area contributed by atoms with Gasteiger partial charge in [-0.25, -0.2) is 4.98 Å². The zero-order valence-corrected chi connectivity index (χ0v) is 19.3. The Balaban J connectivity index is 1.24. The predicted molar refractivity (Wildman–Crippen MR) is 143 cm³/mol. The van der Waals surface area contributed by atoms with Crippen LogP contribution in [0.25, 0.3) is 44.5 Å². The summed E-state index contributed by atoms with van der Waals surface area (Å²) >= 11 is 0. The molecular weight excluding hydrogens is 448 g/mol. The van der Waals surface area contributed by atoms with E-state index in [-0.39, 0.29) is 12.5 Å². The number of fused-ring (bicyclic) bond motifs is 3. The molecule has 6 aromatic rings. The lowest BCUT2D eigenvalue weighted by Gasteiger charge is -2.13. The molecule has 5 aromatic carbocycles. The third-order valence-corrected chi connectivity index (χ3v) is 6.05. The Kier molecular flexibility index (Phi) is 5.64. The number of amides is 1. The van der Waals surface area contributed by atoms with E-state index in [1.54, 1.807) is 0 Å². The van der Waals surface area contributed by atoms with E-state index >= 15 is 0 Å². The van der Waals surface area contributed by atoms with Gasteiger partial charge < -0.3 is 14.5 Å². The van der Waals surface area contributed by atoms with Crippen molar-refractivity contribution in [2.45, 2.75) is 0 Å². The van der Waals surface area contributed by atoms with E-state index in [1.165, 1.54) is 0 Å². The number of carbonyl (C=O) groups is 1. The molecule has 0 atom stereocenters. The summed E-state index contributed by atoms with van der Waals surface area (Å²) in [4.78, 5) is 17.6. The summed E-state index contributed by atoms with van der Waals surface area (Å²) < 4.78 is 12.0. The highest BCUT2D eigenvalue weighted by molar-refractivity contribution is 6.04. The Bertz CT molecular complexity index is 1690. The van der Waals surface area contributed by atoms with E-state index in [9.17, 15) is 4.79 Å². The number of oxazole rings is 1. The molecule has 0 radical (unpaired) electrons. The number of aromatic nitrogens is 1. The summed E-state index contributed by atoms with van der Waals surface area (Å²) in [6.45, 7) is -0.129. The topological polar surface area (TPSA) is 64.4 Å². The molecule has 0 fully saturated rings. The molecule has 0 aliphatic rings. The van der Waals surface area contributed by atoms with E-state index in [4.69, 9.17) is 14.1 Å². The monoisotopic (exact) mass is 470 g/mol. The summed E-state index contributed by atoms with van der Waals surface area (Å²) in [5, 5.41) is 5.08. The van der Waals surface area contributed by atoms with Gasteiger partial charge in [0.05, 0.1) is 11.3 Å². The molecular formula is C31H22N2O3. The minimum Gasteiger partial charge on any atom is -0.483 e. The third-order valence-electron chi connectivity index (χ3n) is 6.05. The fourth-order valence-corrected chi connectivity index (χ4v) is 4.33. The van der Waals surface area contributed by atoms with Crippen molar-refractivity contribution >= 4 is 33.5 Å². The summed E-state index contributed by atoms with van der Waals surface area (Å²) in [7, 11) is 0. The van der Waals surface area contributed by atoms with Gasteiger partial charge in [0.15, 0.2) is 12.2 Å². The molecule has 0 bridgehead atoms. The van der Waals surface area contributed by atoms with Gasteiger partial charge in [-0.1, -0.05) is 91.0 Å². The summed E-state index contributed by atoms with van der Waals surface area (Å²) in [5.74, 6) is 0.831. The standard InChI is InChI=1S/C31H22N2O3/c34-29(20-35-27-17-9-7-13-23(27)21-10-2-1-3-11-21)32-26-16-8-6-15-25(26)31-33-30-24-14-5-4-12-22(24)18-19-28(30)36-31/h1-19H,20H2,(H,32,34). The van der Waals surface area contributed by atoms with Crippen LogP contribution in [-0.4, -0.2) is 17.5 Å². The first-order valence-corrected chi connectivity index (χ1v) is 11.7. The van der Waals surface area contributed by atoms with E-state index < -0.39 is 0 Å². The van der Waals surface area contributed by atoms with Gasteiger partial charge in [-0.3, -0.25) is 4.79 Å². The minimum absolute atomic E-state index is 0.129. The number of hydrogen-bond donors (Lipinski definition) is 1. The van der Waals surface area contributed by atoms with Crippen molar-refractivity contribution in [3.63, 3.8) is 0 Å². The van der Waals surface area contributed by atoms with Gasteiger partial charge >= 0.3 is 0 Å². The van der Waals surface area contributed by atoms with Gasteiger partial charge in [0.1, 0.15) is 11.3 Å². The molecule has 174 valence electrons. The van der Waals surface area contributed by atoms with E-state index in [2.05, 4.69) is 5.32 Å². The highest BCUT2D eigenvalue weighted by Crippen LogP contribution is 2.33. The fourth-order valence-electron chi connectivity index (χ4n) is 4.33. The first kappa shape index (κ1) is 21.6. The second-order valence-electron chi connectivity index (χ2n) is 8.40. The van der Waals surface area contributed by atoms with Crippen molar-refractivity contribution in [1.29, 1.82) is 0 Å². The number of benzene rings is 5. The second kappa shape index (κ2) is 9.39. The molecule has 0 saturated carbocycles. The normalized spacial score (nSPS) is 11.0. The van der Waals surface area contributed by atoms with E-state index in [1.807, 2.05) is 115 Å². The van der Waals surface area contributed by atoms with Crippen LogP contribution in [0.3, 0.4) is 0 Å². The van der Waals surface area contributed by atoms with Gasteiger partial charge in [0.2, 0.25) is 5.89 Å². The maximum atomic E-state index is 12.9. The molecule has 1 N–H and O–H groups in total. The number of nitrogens with one attached hydrogen (secondary N) is 1. The zero-order valence-electron chi connectivity index (χ0n) is 19.3. The molecule has 1 amide bonds. The Morgan fingerprint density at radius 2 is 1.47 bits per heavy atom. The highest BCUT2D eigenvalue weighted by atomic mass is 16.5. The number of anilines is 1. The molecule has 5 nitrogen and oxygen atoms in total. The van der Waals surface area contributed by atoms with E-state index in [0.717, 1.165) is 27.4 Å². The second-order valence-corrected chi connectivity index (χ2v) is 8.40. The minimum atomic E-state index is -0.271. The average molecular weight is 471 g/mol. The first-order valence-electron chi connectivity index (χ1n) is 11.7. The molecule has 36 heavy (non-hydrogen) atoms. The number of nitrogens with zero attached hydrogens (tertiary/aromatic N) is 1. The zero-order chi connectivity index (χ0) is 24.3. The predicted octanol–water partition coefficient (Wildman–Crippen LogP) is 7.33. The highest BCUT2D eigenvalue weighted by Gasteiger charge is 2.16. The van der Waals surface area contributed by atoms with Crippen molar-refractivity contribution in [1.82, 2.24) is 4.98 Å². The van der Waals surface area contributed by atoms with Crippen LogP contribution >= 0.6 is 0 Å². The van der Waals surface area contributed by atoms with Gasteiger partial charge in [-0.2, -0.15) is 0 Å². The molecule has 0 unspecified atom stereocenters. The molecule has 1 heterocycles. The number of carbonyl (C=O) groups excluding carboxylic acids is 1. The van der Waals surface area contributed by atoms with Gasteiger partial charge in [-0.15, -0.1) is 0 Å². The summed E-state index contributed by atoms with van der Waals surface area (Å²) in [6, 6.07) is 37.1. The first-order chi connectivity index (χ1) is 17.8. The van der Waals surface area contributed by atoms with Crippen molar-refractivity contribution in [2.24, 2.45) is 0 Å². The smallest absolute Gasteiger partial charge is 0.262 e. The molecule has 1 aromatic heterocycles. The number of hydrogen-bond acceptors (Lipinski definition) is 4. The lowest BCUT2D eigenvalue weighted by Crippen LogP contribution is -2.20. The Hall–Kier alpha value is -4.90. The number of rotatable bonds is 6. The summed E-state index contributed by atoms with van der Waals surface area (Å²) in [5.41, 5.74) is 4.78. The van der Waals surface area contributed by atoms with Crippen LogP contribution in [0.5, 0.6) is 5.75 Å². The fraction of sp³-hybridized carbons (Fsp3) is 0.0323. The maximum Gasteiger partial charge on any atom is 0.262 e. The van der Waals surface area contributed by atoms with Crippen molar-refractivity contribution in [2.75, 3.05) is 11.9 Å². The van der Waals surface area contributed by atoms with Crippen LogP contribution in [0.4, 0.5) is 5.69 Å². The molecule has 0 saturated heterocycles. The van der Waals surface area contributed by atoms with Gasteiger partial charge in [-0.05, 0) is 35.2 Å². The number of ether oxygens (including phenoxy) is 1. The summed E-state index contributed by atoms with van der Waals surface area (Å²) in [6.07, 6.45) is 0. The Labute approximate surface area is 208 Å². The average Bonchev–Trinajstić information content (AvgIpc) is 3.38. The van der Waals surface area contributed by atoms with Crippen LogP contribution < -0.4 is 10.1 Å². The molecule has 5 heteroatoms. The van der Waals surface area contributed by atoms with Crippen LogP contribution in [-0.2, 0) is 4.79 Å². The molecule has 0 aliphatic carbocycles. The molecule has 0 spiro atoms. The van der Waals surface area contributed by atoms with Crippen molar-refractivity contribution in [3.05, 3.63) is 115 Å². The van der Waals surface area contributed by atoms with Crippen LogP contribution in [0.1, 0.15) is 0 Å².